The average Bonchev–Trinajstić information content (AvgIpc) is 3.36. The Balaban J connectivity index is 1.18. The molecule has 6 heterocycles. The second kappa shape index (κ2) is 9.68. The van der Waals surface area contributed by atoms with Crippen LogP contribution >= 0.6 is 0 Å². The Morgan fingerprint density at radius 3 is 2.56 bits per heavy atom. The first-order valence-electron chi connectivity index (χ1n) is 12.5. The highest BCUT2D eigenvalue weighted by molar-refractivity contribution is 5.93. The van der Waals surface area contributed by atoms with Gasteiger partial charge in [0.2, 0.25) is 0 Å². The maximum absolute atomic E-state index is 12.4. The Morgan fingerprint density at radius 1 is 1.08 bits per heavy atom. The molecule has 0 saturated carbocycles. The van der Waals surface area contributed by atoms with Crippen LogP contribution in [0.2, 0.25) is 0 Å². The summed E-state index contributed by atoms with van der Waals surface area (Å²) in [7, 11) is 1.76. The molecule has 1 N–H and O–H groups in total. The molecular formula is C26H31N5O5. The molecule has 0 spiro atoms. The van der Waals surface area contributed by atoms with Gasteiger partial charge in [-0.05, 0) is 18.2 Å². The normalized spacial score (nSPS) is 20.4. The molecule has 0 aromatic carbocycles. The molecule has 0 atom stereocenters. The number of methoxy groups -OCH3 is 1. The van der Waals surface area contributed by atoms with Gasteiger partial charge in [0.05, 0.1) is 30.2 Å². The van der Waals surface area contributed by atoms with Gasteiger partial charge in [-0.15, -0.1) is 0 Å². The van der Waals surface area contributed by atoms with E-state index in [1.807, 2.05) is 24.5 Å². The predicted octanol–water partition coefficient (Wildman–Crippen LogP) is 2.93. The summed E-state index contributed by atoms with van der Waals surface area (Å²) in [5.74, 6) is 0. The summed E-state index contributed by atoms with van der Waals surface area (Å²) in [4.78, 5) is 29.2. The summed E-state index contributed by atoms with van der Waals surface area (Å²) < 4.78 is 22.0. The number of pyridine rings is 2. The van der Waals surface area contributed by atoms with E-state index in [-0.39, 0.29) is 17.8 Å². The minimum atomic E-state index is -0.334. The monoisotopic (exact) mass is 493 g/mol. The number of carbonyl (C=O) groups excluding carboxylic acids is 1. The third-order valence-electron chi connectivity index (χ3n) is 7.52. The van der Waals surface area contributed by atoms with Gasteiger partial charge in [-0.1, -0.05) is 6.07 Å². The molecule has 1 amide bonds. The number of H-pyrrole nitrogens is 1. The van der Waals surface area contributed by atoms with Crippen LogP contribution in [0.15, 0.2) is 36.7 Å². The first-order chi connectivity index (χ1) is 17.6. The number of rotatable bonds is 5. The van der Waals surface area contributed by atoms with E-state index in [9.17, 15) is 4.79 Å². The van der Waals surface area contributed by atoms with E-state index in [4.69, 9.17) is 23.9 Å². The van der Waals surface area contributed by atoms with Gasteiger partial charge in [0.15, 0.2) is 6.10 Å². The summed E-state index contributed by atoms with van der Waals surface area (Å²) in [5.41, 5.74) is 4.43. The van der Waals surface area contributed by atoms with E-state index >= 15 is 0 Å². The molecule has 10 heteroatoms. The highest BCUT2D eigenvalue weighted by atomic mass is 16.6. The zero-order valence-electron chi connectivity index (χ0n) is 20.4. The lowest BCUT2D eigenvalue weighted by Gasteiger charge is -2.37. The van der Waals surface area contributed by atoms with Crippen molar-refractivity contribution >= 4 is 22.8 Å². The number of carbonyl (C=O) groups is 1. The molecule has 190 valence electrons. The summed E-state index contributed by atoms with van der Waals surface area (Å²) in [6.45, 7) is 5.06. The third kappa shape index (κ3) is 4.29. The van der Waals surface area contributed by atoms with Crippen LogP contribution in [0.25, 0.3) is 22.4 Å². The van der Waals surface area contributed by atoms with E-state index in [1.165, 1.54) is 0 Å². The summed E-state index contributed by atoms with van der Waals surface area (Å²) in [6.07, 6.45) is 5.02. The number of hydrogen-bond acceptors (Lipinski definition) is 8. The highest BCUT2D eigenvalue weighted by Gasteiger charge is 2.35. The van der Waals surface area contributed by atoms with Crippen molar-refractivity contribution in [2.75, 3.05) is 64.6 Å². The number of fused-ring (bicyclic) bond motifs is 1. The van der Waals surface area contributed by atoms with Crippen molar-refractivity contribution in [1.29, 1.82) is 0 Å². The molecule has 3 saturated heterocycles. The van der Waals surface area contributed by atoms with Crippen molar-refractivity contribution < 1.29 is 23.7 Å². The van der Waals surface area contributed by atoms with Crippen molar-refractivity contribution in [2.45, 2.75) is 24.5 Å². The zero-order chi connectivity index (χ0) is 24.5. The van der Waals surface area contributed by atoms with Gasteiger partial charge in [0.1, 0.15) is 5.65 Å². The zero-order valence-corrected chi connectivity index (χ0v) is 20.4. The standard InChI is InChI=1S/C26H31N5O5/c1-33-26(5-12-34-13-6-26)18-2-3-21(28-15-18)22-14-20-23(4-7-27-24(20)29-22)30-8-10-31(11-9-30)25(32)36-19-16-35-17-19/h2-4,7,14-15,19H,5-6,8-13,16-17H2,1H3,(H,27,29). The van der Waals surface area contributed by atoms with E-state index in [0.717, 1.165) is 59.6 Å². The number of ether oxygens (including phenoxy) is 4. The lowest BCUT2D eigenvalue weighted by Crippen LogP contribution is -2.51. The van der Waals surface area contributed by atoms with Crippen molar-refractivity contribution in [2.24, 2.45) is 0 Å². The molecule has 0 aliphatic carbocycles. The minimum Gasteiger partial charge on any atom is -0.441 e. The number of amides is 1. The Hall–Kier alpha value is -3.21. The number of nitrogens with zero attached hydrogens (tertiary/aromatic N) is 4. The van der Waals surface area contributed by atoms with Crippen molar-refractivity contribution in [3.63, 3.8) is 0 Å². The first kappa shape index (κ1) is 23.2. The third-order valence-corrected chi connectivity index (χ3v) is 7.52. The molecule has 10 nitrogen and oxygen atoms in total. The molecule has 3 fully saturated rings. The number of aromatic amines is 1. The maximum atomic E-state index is 12.4. The molecule has 3 aliphatic rings. The Morgan fingerprint density at radius 2 is 1.89 bits per heavy atom. The van der Waals surface area contributed by atoms with Gasteiger partial charge in [0, 0.05) is 88.4 Å². The molecule has 3 aliphatic heterocycles. The highest BCUT2D eigenvalue weighted by Crippen LogP contribution is 2.36. The molecule has 0 radical (unpaired) electrons. The van der Waals surface area contributed by atoms with Crippen molar-refractivity contribution in [3.8, 4) is 11.4 Å². The second-order valence-electron chi connectivity index (χ2n) is 9.54. The molecule has 0 unspecified atom stereocenters. The average molecular weight is 494 g/mol. The molecule has 3 aromatic rings. The summed E-state index contributed by atoms with van der Waals surface area (Å²) in [6, 6.07) is 8.28. The van der Waals surface area contributed by atoms with Crippen molar-refractivity contribution in [3.05, 3.63) is 42.2 Å². The Labute approximate surface area is 209 Å². The molecule has 6 rings (SSSR count). The van der Waals surface area contributed by atoms with E-state index in [2.05, 4.69) is 27.0 Å². The summed E-state index contributed by atoms with van der Waals surface area (Å²) in [5, 5.41) is 1.04. The van der Waals surface area contributed by atoms with Gasteiger partial charge in [-0.25, -0.2) is 9.78 Å². The topological polar surface area (TPSA) is 102 Å². The van der Waals surface area contributed by atoms with Crippen LogP contribution in [0, 0.1) is 0 Å². The minimum absolute atomic E-state index is 0.104. The van der Waals surface area contributed by atoms with Gasteiger partial charge < -0.3 is 33.7 Å². The van der Waals surface area contributed by atoms with E-state index in [1.54, 1.807) is 12.0 Å². The smallest absolute Gasteiger partial charge is 0.410 e. The number of anilines is 1. The number of nitrogens with one attached hydrogen (secondary N) is 1. The SMILES string of the molecule is COC1(c2ccc(-c3cc4c(N5CCN(C(=O)OC6COC6)CC5)ccnc4[nH]3)nc2)CCOCC1. The quantitative estimate of drug-likeness (QED) is 0.579. The van der Waals surface area contributed by atoms with Crippen LogP contribution in [0.3, 0.4) is 0 Å². The largest absolute Gasteiger partial charge is 0.441 e. The predicted molar refractivity (Wildman–Crippen MR) is 133 cm³/mol. The molecule has 36 heavy (non-hydrogen) atoms. The Bertz CT molecular complexity index is 1210. The fourth-order valence-corrected chi connectivity index (χ4v) is 5.19. The van der Waals surface area contributed by atoms with E-state index < -0.39 is 0 Å². The number of piperazine rings is 1. The van der Waals surface area contributed by atoms with Gasteiger partial charge >= 0.3 is 6.09 Å². The van der Waals surface area contributed by atoms with Gasteiger partial charge in [-0.2, -0.15) is 0 Å². The first-order valence-corrected chi connectivity index (χ1v) is 12.5. The molecule has 0 bridgehead atoms. The maximum Gasteiger partial charge on any atom is 0.410 e. The lowest BCUT2D eigenvalue weighted by molar-refractivity contribution is -0.104. The number of hydrogen-bond donors (Lipinski definition) is 1. The molecular weight excluding hydrogens is 462 g/mol. The summed E-state index contributed by atoms with van der Waals surface area (Å²) >= 11 is 0. The second-order valence-corrected chi connectivity index (χ2v) is 9.54. The van der Waals surface area contributed by atoms with Crippen LogP contribution in [-0.4, -0.2) is 91.8 Å². The molecule has 3 aromatic heterocycles. The van der Waals surface area contributed by atoms with Crippen LogP contribution in [0.1, 0.15) is 18.4 Å². The lowest BCUT2D eigenvalue weighted by atomic mass is 9.87. The van der Waals surface area contributed by atoms with Crippen molar-refractivity contribution in [1.82, 2.24) is 19.9 Å². The fourth-order valence-electron chi connectivity index (χ4n) is 5.19. The Kier molecular flexibility index (Phi) is 6.24. The number of aromatic nitrogens is 3. The van der Waals surface area contributed by atoms with E-state index in [0.29, 0.717) is 39.5 Å². The fraction of sp³-hybridized carbons (Fsp3) is 0.500. The van der Waals surface area contributed by atoms with Crippen LogP contribution in [0.4, 0.5) is 10.5 Å². The van der Waals surface area contributed by atoms with Crippen LogP contribution < -0.4 is 4.90 Å². The van der Waals surface area contributed by atoms with Gasteiger partial charge in [0.25, 0.3) is 0 Å². The van der Waals surface area contributed by atoms with Crippen LogP contribution in [-0.2, 0) is 24.5 Å². The van der Waals surface area contributed by atoms with Gasteiger partial charge in [-0.3, -0.25) is 4.98 Å². The van der Waals surface area contributed by atoms with Crippen LogP contribution in [0.5, 0.6) is 0 Å².